The monoisotopic (exact) mass is 377 g/mol. The number of Topliss-reactive ketones (excluding diaryl/α,β-unsaturated/α-hetero) is 1. The Balaban J connectivity index is 1.89. The van der Waals surface area contributed by atoms with E-state index in [1.807, 2.05) is 18.4 Å². The molecule has 8 nitrogen and oxygen atoms in total. The Bertz CT molecular complexity index is 1050. The van der Waals surface area contributed by atoms with Gasteiger partial charge in [0.05, 0.1) is 5.75 Å². The topological polar surface area (TPSA) is 124 Å². The van der Waals surface area contributed by atoms with Crippen LogP contribution in [0.25, 0.3) is 10.2 Å². The fourth-order valence-electron chi connectivity index (χ4n) is 2.39. The quantitative estimate of drug-likeness (QED) is 0.379. The van der Waals surface area contributed by atoms with Crippen LogP contribution >= 0.6 is 23.1 Å². The van der Waals surface area contributed by atoms with Gasteiger partial charge in [-0.1, -0.05) is 18.7 Å². The van der Waals surface area contributed by atoms with Gasteiger partial charge in [-0.25, -0.2) is 14.8 Å². The Kier molecular flexibility index (Phi) is 5.00. The molecule has 3 N–H and O–H groups in total. The number of nitrogens with one attached hydrogen (secondary N) is 1. The number of nitrogens with two attached hydrogens (primary N) is 1. The van der Waals surface area contributed by atoms with Crippen molar-refractivity contribution in [1.29, 1.82) is 0 Å². The summed E-state index contributed by atoms with van der Waals surface area (Å²) in [6, 6.07) is 1.88. The van der Waals surface area contributed by atoms with Crippen LogP contribution in [0.15, 0.2) is 32.4 Å². The first kappa shape index (κ1) is 17.4. The van der Waals surface area contributed by atoms with E-state index in [0.29, 0.717) is 18.0 Å². The molecule has 0 aliphatic rings. The lowest BCUT2D eigenvalue weighted by molar-refractivity contribution is 0.102. The van der Waals surface area contributed by atoms with Gasteiger partial charge in [-0.05, 0) is 17.9 Å². The Morgan fingerprint density at radius 1 is 1.40 bits per heavy atom. The van der Waals surface area contributed by atoms with Crippen LogP contribution in [0.3, 0.4) is 0 Å². The maximum atomic E-state index is 12.5. The molecular formula is C15H15N5O3S2. The van der Waals surface area contributed by atoms with E-state index in [2.05, 4.69) is 15.0 Å². The molecule has 0 saturated carbocycles. The van der Waals surface area contributed by atoms with Crippen molar-refractivity contribution in [2.24, 2.45) is 0 Å². The van der Waals surface area contributed by atoms with Gasteiger partial charge in [0, 0.05) is 11.9 Å². The van der Waals surface area contributed by atoms with E-state index in [0.717, 1.165) is 10.2 Å². The predicted octanol–water partition coefficient (Wildman–Crippen LogP) is 1.51. The fraction of sp³-hybridized carbons (Fsp3) is 0.267. The van der Waals surface area contributed by atoms with Crippen LogP contribution < -0.4 is 17.0 Å². The van der Waals surface area contributed by atoms with Crippen LogP contribution in [0, 0.1) is 0 Å². The third-order valence-corrected chi connectivity index (χ3v) is 5.36. The predicted molar refractivity (Wildman–Crippen MR) is 98.5 cm³/mol. The zero-order valence-corrected chi connectivity index (χ0v) is 14.9. The summed E-state index contributed by atoms with van der Waals surface area (Å²) in [6.07, 6.45) is 2.09. The summed E-state index contributed by atoms with van der Waals surface area (Å²) < 4.78 is 1.21. The van der Waals surface area contributed by atoms with Gasteiger partial charge >= 0.3 is 5.69 Å². The highest BCUT2D eigenvalue weighted by Gasteiger charge is 2.20. The lowest BCUT2D eigenvalue weighted by Crippen LogP contribution is -2.36. The Morgan fingerprint density at radius 3 is 2.96 bits per heavy atom. The standard InChI is InChI=1S/C15H15N5O3S2/c1-2-4-20-11(16)10(12(22)19-15(20)23)9(21)6-25-14-8-3-5-24-13(8)17-7-18-14/h3,5,7H,2,4,6,16H2,1H3,(H,19,22,23). The normalized spacial score (nSPS) is 11.1. The highest BCUT2D eigenvalue weighted by atomic mass is 32.2. The van der Waals surface area contributed by atoms with E-state index in [-0.39, 0.29) is 17.1 Å². The number of thiophene rings is 1. The number of aromatic nitrogens is 4. The lowest BCUT2D eigenvalue weighted by Gasteiger charge is -2.11. The lowest BCUT2D eigenvalue weighted by atomic mass is 10.2. The maximum absolute atomic E-state index is 12.5. The number of carbonyl (C=O) groups is 1. The molecule has 130 valence electrons. The van der Waals surface area contributed by atoms with Crippen molar-refractivity contribution >= 4 is 44.9 Å². The van der Waals surface area contributed by atoms with Crippen LogP contribution in [-0.2, 0) is 6.54 Å². The molecule has 0 bridgehead atoms. The number of nitrogens with zero attached hydrogens (tertiary/aromatic N) is 3. The molecule has 0 amide bonds. The molecule has 3 heterocycles. The van der Waals surface area contributed by atoms with Crippen molar-refractivity contribution in [3.8, 4) is 0 Å². The van der Waals surface area contributed by atoms with Gasteiger partial charge < -0.3 is 5.73 Å². The summed E-state index contributed by atoms with van der Waals surface area (Å²) in [5.74, 6) is -0.556. The molecule has 0 atom stereocenters. The Hall–Kier alpha value is -2.46. The molecule has 0 aliphatic carbocycles. The smallest absolute Gasteiger partial charge is 0.329 e. The average molecular weight is 377 g/mol. The summed E-state index contributed by atoms with van der Waals surface area (Å²) in [5.41, 5.74) is 4.35. The number of carbonyl (C=O) groups excluding carboxylic acids is 1. The van der Waals surface area contributed by atoms with Gasteiger partial charge in [0.1, 0.15) is 27.6 Å². The minimum atomic E-state index is -0.760. The van der Waals surface area contributed by atoms with Crippen LogP contribution in [0.4, 0.5) is 5.82 Å². The van der Waals surface area contributed by atoms with E-state index in [9.17, 15) is 14.4 Å². The van der Waals surface area contributed by atoms with Crippen LogP contribution in [0.5, 0.6) is 0 Å². The van der Waals surface area contributed by atoms with Crippen molar-refractivity contribution in [2.75, 3.05) is 11.5 Å². The number of anilines is 1. The zero-order valence-electron chi connectivity index (χ0n) is 13.3. The van der Waals surface area contributed by atoms with Gasteiger partial charge in [-0.3, -0.25) is 19.1 Å². The number of hydrogen-bond acceptors (Lipinski definition) is 8. The summed E-state index contributed by atoms with van der Waals surface area (Å²) in [6.45, 7) is 2.20. The Labute approximate surface area is 150 Å². The molecule has 3 rings (SSSR count). The molecule has 0 unspecified atom stereocenters. The molecule has 3 aromatic heterocycles. The summed E-state index contributed by atoms with van der Waals surface area (Å²) in [5, 5.41) is 3.42. The molecule has 25 heavy (non-hydrogen) atoms. The van der Waals surface area contributed by atoms with E-state index >= 15 is 0 Å². The maximum Gasteiger partial charge on any atom is 0.329 e. The van der Waals surface area contributed by atoms with Crippen LogP contribution in [-0.4, -0.2) is 31.1 Å². The van der Waals surface area contributed by atoms with E-state index in [4.69, 9.17) is 5.73 Å². The van der Waals surface area contributed by atoms with E-state index in [1.54, 1.807) is 0 Å². The molecule has 10 heteroatoms. The molecule has 0 spiro atoms. The number of rotatable bonds is 6. The van der Waals surface area contributed by atoms with Gasteiger partial charge in [0.2, 0.25) is 0 Å². The zero-order chi connectivity index (χ0) is 18.0. The van der Waals surface area contributed by atoms with E-state index in [1.165, 1.54) is 34.0 Å². The fourth-order valence-corrected chi connectivity index (χ4v) is 4.04. The van der Waals surface area contributed by atoms with Crippen molar-refractivity contribution in [1.82, 2.24) is 19.5 Å². The second-order valence-electron chi connectivity index (χ2n) is 5.20. The third kappa shape index (κ3) is 3.35. The third-order valence-electron chi connectivity index (χ3n) is 3.53. The average Bonchev–Trinajstić information content (AvgIpc) is 3.05. The van der Waals surface area contributed by atoms with Crippen LogP contribution in [0.2, 0.25) is 0 Å². The molecule has 0 radical (unpaired) electrons. The van der Waals surface area contributed by atoms with Crippen molar-refractivity contribution in [2.45, 2.75) is 24.9 Å². The SMILES string of the molecule is CCCn1c(N)c(C(=O)CSc2ncnc3sccc23)c(=O)[nH]c1=O. The van der Waals surface area contributed by atoms with Crippen molar-refractivity contribution in [3.05, 3.63) is 44.2 Å². The number of thioether (sulfide) groups is 1. The Morgan fingerprint density at radius 2 is 2.20 bits per heavy atom. The molecule has 0 aromatic carbocycles. The van der Waals surface area contributed by atoms with Gasteiger partial charge in [-0.15, -0.1) is 11.3 Å². The summed E-state index contributed by atoms with van der Waals surface area (Å²) >= 11 is 2.69. The van der Waals surface area contributed by atoms with Gasteiger partial charge in [0.25, 0.3) is 5.56 Å². The first-order valence-corrected chi connectivity index (χ1v) is 9.36. The van der Waals surface area contributed by atoms with Crippen molar-refractivity contribution < 1.29 is 4.79 Å². The molecule has 0 saturated heterocycles. The molecule has 0 aliphatic heterocycles. The first-order valence-electron chi connectivity index (χ1n) is 7.49. The summed E-state index contributed by atoms with van der Waals surface area (Å²) in [4.78, 5) is 47.7. The van der Waals surface area contributed by atoms with Gasteiger partial charge in [-0.2, -0.15) is 0 Å². The minimum absolute atomic E-state index is 0.0143. The summed E-state index contributed by atoms with van der Waals surface area (Å²) in [7, 11) is 0. The number of hydrogen-bond donors (Lipinski definition) is 2. The molecule has 3 aromatic rings. The van der Waals surface area contributed by atoms with Crippen molar-refractivity contribution in [3.63, 3.8) is 0 Å². The number of fused-ring (bicyclic) bond motifs is 1. The first-order chi connectivity index (χ1) is 12.0. The number of nitrogen functional groups attached to an aromatic ring is 1. The van der Waals surface area contributed by atoms with Crippen LogP contribution in [0.1, 0.15) is 23.7 Å². The minimum Gasteiger partial charge on any atom is -0.384 e. The number of ketones is 1. The van der Waals surface area contributed by atoms with Gasteiger partial charge in [0.15, 0.2) is 5.78 Å². The largest absolute Gasteiger partial charge is 0.384 e. The second-order valence-corrected chi connectivity index (χ2v) is 7.06. The molecular weight excluding hydrogens is 362 g/mol. The number of H-pyrrole nitrogens is 1. The molecule has 0 fully saturated rings. The highest BCUT2D eigenvalue weighted by molar-refractivity contribution is 8.00. The second kappa shape index (κ2) is 7.19. The van der Waals surface area contributed by atoms with E-state index < -0.39 is 17.0 Å². The highest BCUT2D eigenvalue weighted by Crippen LogP contribution is 2.28. The number of aromatic amines is 1.